The molecule has 0 spiro atoms. The van der Waals surface area contributed by atoms with Gasteiger partial charge in [0.15, 0.2) is 11.5 Å². The summed E-state index contributed by atoms with van der Waals surface area (Å²) in [6, 6.07) is 9.41. The van der Waals surface area contributed by atoms with E-state index >= 15 is 0 Å². The first kappa shape index (κ1) is 29.7. The molecule has 1 saturated carbocycles. The number of hydrogen-bond donors (Lipinski definition) is 1. The highest BCUT2D eigenvalue weighted by molar-refractivity contribution is 6.10. The number of aliphatic imine (C=N–C) groups is 1. The van der Waals surface area contributed by atoms with Crippen LogP contribution in [0.5, 0.6) is 5.88 Å². The fourth-order valence-electron chi connectivity index (χ4n) is 5.19. The molecule has 0 unspecified atom stereocenters. The van der Waals surface area contributed by atoms with Crippen LogP contribution in [-0.4, -0.2) is 54.7 Å². The molecule has 5 aromatic rings. The zero-order valence-electron chi connectivity index (χ0n) is 24.6. The first-order valence-corrected chi connectivity index (χ1v) is 14.0. The van der Waals surface area contributed by atoms with E-state index in [1.54, 1.807) is 50.5 Å². The van der Waals surface area contributed by atoms with Gasteiger partial charge in [0.2, 0.25) is 5.88 Å². The van der Waals surface area contributed by atoms with Crippen LogP contribution in [0, 0.1) is 6.92 Å². The van der Waals surface area contributed by atoms with Crippen LogP contribution >= 0.6 is 0 Å². The van der Waals surface area contributed by atoms with Gasteiger partial charge in [0.05, 0.1) is 30.6 Å². The molecule has 45 heavy (non-hydrogen) atoms. The normalized spacial score (nSPS) is 14.0. The van der Waals surface area contributed by atoms with E-state index in [0.717, 1.165) is 24.6 Å². The highest BCUT2D eigenvalue weighted by Gasteiger charge is 2.35. The van der Waals surface area contributed by atoms with Crippen LogP contribution < -0.4 is 16.0 Å². The Morgan fingerprint density at radius 3 is 2.53 bits per heavy atom. The van der Waals surface area contributed by atoms with Gasteiger partial charge in [-0.15, -0.1) is 0 Å². The third-order valence-electron chi connectivity index (χ3n) is 7.51. The average Bonchev–Trinajstić information content (AvgIpc) is 3.81. The second-order valence-electron chi connectivity index (χ2n) is 10.6. The predicted octanol–water partition coefficient (Wildman–Crippen LogP) is 4.70. The maximum atomic E-state index is 14.0. The number of aromatic nitrogens is 7. The van der Waals surface area contributed by atoms with E-state index in [9.17, 15) is 18.0 Å². The van der Waals surface area contributed by atoms with Crippen molar-refractivity contribution in [1.82, 2.24) is 34.3 Å². The SMILES string of the molecule is CN=C/C(=C\N)c1cc2cnc(-c3c(OC)ncnc3C3CC3)nc2n(Cc2ccc(-n3nc(C(F)(F)F)cc3C)cc2)c1=O. The molecule has 6 rings (SSSR count). The Balaban J connectivity index is 1.48. The Labute approximate surface area is 255 Å². The number of ether oxygens (including phenoxy) is 1. The average molecular weight is 616 g/mol. The maximum absolute atomic E-state index is 14.0. The molecule has 14 heteroatoms. The van der Waals surface area contributed by atoms with Gasteiger partial charge in [0.1, 0.15) is 17.5 Å². The van der Waals surface area contributed by atoms with Crippen LogP contribution in [0.4, 0.5) is 13.2 Å². The summed E-state index contributed by atoms with van der Waals surface area (Å²) >= 11 is 0. The quantitative estimate of drug-likeness (QED) is 0.248. The van der Waals surface area contributed by atoms with Crippen molar-refractivity contribution in [3.8, 4) is 23.0 Å². The standard InChI is InChI=1S/C31H28F3N9O2/c1-17-10-24(31(32,33)34)41-43(17)22-8-4-18(5-9-22)15-42-28-20(11-23(30(42)44)21(12-35)13-36-2)14-37-27(40-28)25-26(19-6-7-19)38-16-39-29(25)45-3/h4-5,8-14,16,19H,6-7,15,35H2,1-3H3/b21-12+,36-13?. The molecule has 0 saturated heterocycles. The van der Waals surface area contributed by atoms with Crippen LogP contribution in [0.1, 0.15) is 47.0 Å². The van der Waals surface area contributed by atoms with Gasteiger partial charge in [-0.25, -0.2) is 24.6 Å². The highest BCUT2D eigenvalue weighted by Crippen LogP contribution is 2.45. The summed E-state index contributed by atoms with van der Waals surface area (Å²) in [7, 11) is 3.09. The van der Waals surface area contributed by atoms with Crippen LogP contribution in [0.25, 0.3) is 33.7 Å². The number of aryl methyl sites for hydroxylation is 1. The molecular formula is C31H28F3N9O2. The van der Waals surface area contributed by atoms with Crippen molar-refractivity contribution in [2.24, 2.45) is 10.7 Å². The molecule has 0 bridgehead atoms. The Morgan fingerprint density at radius 1 is 1.16 bits per heavy atom. The molecule has 1 aliphatic rings. The van der Waals surface area contributed by atoms with Gasteiger partial charge in [-0.05, 0) is 49.6 Å². The van der Waals surface area contributed by atoms with Crippen LogP contribution in [0.3, 0.4) is 0 Å². The molecule has 2 N–H and O–H groups in total. The Kier molecular flexibility index (Phi) is 7.64. The van der Waals surface area contributed by atoms with Crippen LogP contribution in [0.2, 0.25) is 0 Å². The van der Waals surface area contributed by atoms with Crippen molar-refractivity contribution >= 4 is 22.8 Å². The number of alkyl halides is 3. The fourth-order valence-corrected chi connectivity index (χ4v) is 5.19. The van der Waals surface area contributed by atoms with Crippen molar-refractivity contribution in [3.63, 3.8) is 0 Å². The number of benzene rings is 1. The number of nitrogens with zero attached hydrogens (tertiary/aromatic N) is 8. The van der Waals surface area contributed by atoms with Crippen molar-refractivity contribution in [2.45, 2.75) is 38.4 Å². The summed E-state index contributed by atoms with van der Waals surface area (Å²) in [5.74, 6) is 0.899. The lowest BCUT2D eigenvalue weighted by Gasteiger charge is -2.15. The van der Waals surface area contributed by atoms with Gasteiger partial charge < -0.3 is 10.5 Å². The number of fused-ring (bicyclic) bond motifs is 1. The number of methoxy groups -OCH3 is 1. The van der Waals surface area contributed by atoms with Gasteiger partial charge in [0.25, 0.3) is 5.56 Å². The second kappa shape index (κ2) is 11.6. The molecule has 1 aromatic carbocycles. The van der Waals surface area contributed by atoms with Gasteiger partial charge in [-0.1, -0.05) is 12.1 Å². The van der Waals surface area contributed by atoms with E-state index in [1.165, 1.54) is 35.1 Å². The summed E-state index contributed by atoms with van der Waals surface area (Å²) in [5, 5.41) is 4.30. The molecule has 0 amide bonds. The minimum absolute atomic E-state index is 0.0881. The zero-order valence-corrected chi connectivity index (χ0v) is 24.6. The zero-order chi connectivity index (χ0) is 31.9. The molecule has 0 atom stereocenters. The van der Waals surface area contributed by atoms with Gasteiger partial charge >= 0.3 is 6.18 Å². The van der Waals surface area contributed by atoms with Gasteiger partial charge in [0, 0.05) is 48.2 Å². The van der Waals surface area contributed by atoms with Crippen molar-refractivity contribution < 1.29 is 17.9 Å². The number of nitrogens with two attached hydrogens (primary N) is 1. The van der Waals surface area contributed by atoms with E-state index in [0.29, 0.717) is 56.4 Å². The summed E-state index contributed by atoms with van der Waals surface area (Å²) < 4.78 is 47.9. The number of hydrogen-bond acceptors (Lipinski definition) is 9. The van der Waals surface area contributed by atoms with E-state index in [2.05, 4.69) is 25.0 Å². The van der Waals surface area contributed by atoms with Gasteiger partial charge in [-0.3, -0.25) is 14.4 Å². The molecule has 230 valence electrons. The molecule has 0 radical (unpaired) electrons. The fraction of sp³-hybridized carbons (Fsp3) is 0.258. The number of rotatable bonds is 8. The highest BCUT2D eigenvalue weighted by atomic mass is 19.4. The van der Waals surface area contributed by atoms with Crippen molar-refractivity contribution in [1.29, 1.82) is 0 Å². The molecule has 1 aliphatic carbocycles. The molecule has 4 aromatic heterocycles. The van der Waals surface area contributed by atoms with Crippen LogP contribution in [0.15, 0.2) is 64.9 Å². The van der Waals surface area contributed by atoms with Crippen LogP contribution in [-0.2, 0) is 12.7 Å². The van der Waals surface area contributed by atoms with Gasteiger partial charge in [-0.2, -0.15) is 18.3 Å². The molecule has 0 aliphatic heterocycles. The smallest absolute Gasteiger partial charge is 0.435 e. The molecule has 1 fully saturated rings. The third kappa shape index (κ3) is 5.66. The van der Waals surface area contributed by atoms with Crippen molar-refractivity contribution in [3.05, 3.63) is 93.7 Å². The minimum Gasteiger partial charge on any atom is -0.480 e. The topological polar surface area (TPSA) is 139 Å². The summed E-state index contributed by atoms with van der Waals surface area (Å²) in [6.07, 6.45) is 3.28. The minimum atomic E-state index is -4.56. The van der Waals surface area contributed by atoms with E-state index < -0.39 is 11.9 Å². The lowest BCUT2D eigenvalue weighted by atomic mass is 10.1. The lowest BCUT2D eigenvalue weighted by Crippen LogP contribution is -2.26. The van der Waals surface area contributed by atoms with Crippen molar-refractivity contribution in [2.75, 3.05) is 14.2 Å². The predicted molar refractivity (Wildman–Crippen MR) is 162 cm³/mol. The second-order valence-corrected chi connectivity index (χ2v) is 10.6. The molecule has 11 nitrogen and oxygen atoms in total. The summed E-state index contributed by atoms with van der Waals surface area (Å²) in [4.78, 5) is 36.3. The Hall–Kier alpha value is -5.40. The largest absolute Gasteiger partial charge is 0.480 e. The third-order valence-corrected chi connectivity index (χ3v) is 7.51. The Morgan fingerprint density at radius 2 is 1.91 bits per heavy atom. The molecule has 4 heterocycles. The summed E-state index contributed by atoms with van der Waals surface area (Å²) in [5.41, 5.74) is 8.43. The van der Waals surface area contributed by atoms with E-state index in [1.807, 2.05) is 0 Å². The van der Waals surface area contributed by atoms with E-state index in [4.69, 9.17) is 15.5 Å². The lowest BCUT2D eigenvalue weighted by molar-refractivity contribution is -0.141. The number of halogens is 3. The first-order chi connectivity index (χ1) is 21.6. The van der Waals surface area contributed by atoms with E-state index in [-0.39, 0.29) is 18.0 Å². The number of allylic oxidation sites excluding steroid dienone is 1. The maximum Gasteiger partial charge on any atom is 0.435 e. The molecular weight excluding hydrogens is 587 g/mol. The monoisotopic (exact) mass is 615 g/mol. The first-order valence-electron chi connectivity index (χ1n) is 14.0. The Bertz CT molecular complexity index is 2030. The number of pyridine rings is 1. The summed E-state index contributed by atoms with van der Waals surface area (Å²) in [6.45, 7) is 1.64.